The normalized spacial score (nSPS) is 19.8. The van der Waals surface area contributed by atoms with Gasteiger partial charge in [0.1, 0.15) is 5.04 Å². The fourth-order valence-electron chi connectivity index (χ4n) is 2.94. The van der Waals surface area contributed by atoms with E-state index < -0.39 is 5.92 Å². The van der Waals surface area contributed by atoms with Crippen LogP contribution in [0.2, 0.25) is 0 Å². The number of fused-ring (bicyclic) bond motifs is 1. The summed E-state index contributed by atoms with van der Waals surface area (Å²) in [7, 11) is 3.14. The van der Waals surface area contributed by atoms with E-state index in [0.717, 1.165) is 15.3 Å². The molecule has 136 valence electrons. The minimum absolute atomic E-state index is 0.290. The molecular weight excluding hydrogens is 380 g/mol. The molecule has 0 spiro atoms. The zero-order chi connectivity index (χ0) is 19.0. The highest BCUT2D eigenvalue weighted by atomic mass is 32.2. The maximum absolute atomic E-state index is 12.8. The Hall–Kier alpha value is -2.58. The molecule has 0 fully saturated rings. The Morgan fingerprint density at radius 1 is 1.15 bits per heavy atom. The fourth-order valence-corrected chi connectivity index (χ4v) is 4.62. The topological polar surface area (TPSA) is 65.1 Å². The van der Waals surface area contributed by atoms with E-state index in [9.17, 15) is 9.59 Å². The summed E-state index contributed by atoms with van der Waals surface area (Å²) in [6.07, 6.45) is 0. The highest BCUT2D eigenvalue weighted by Crippen LogP contribution is 2.29. The third kappa shape index (κ3) is 3.26. The fraction of sp³-hybridized carbons (Fsp3) is 0.211. The highest BCUT2D eigenvalue weighted by molar-refractivity contribution is 8.13. The Morgan fingerprint density at radius 3 is 2.63 bits per heavy atom. The summed E-state index contributed by atoms with van der Waals surface area (Å²) in [4.78, 5) is 36.5. The molecule has 3 heterocycles. The van der Waals surface area contributed by atoms with Crippen molar-refractivity contribution in [3.63, 3.8) is 0 Å². The standard InChI is InChI=1S/C19H17N4O2S2/c1-22-16-14(18(24)23(2)19(22)25)17(27-11-12-7-4-3-5-8-12)21-15(20-16)13-9-6-10-26-13/h3-10,14H,11H2,1-2H3/q+1. The number of amidine groups is 2. The van der Waals surface area contributed by atoms with Crippen molar-refractivity contribution in [2.75, 3.05) is 14.1 Å². The highest BCUT2D eigenvalue weighted by Gasteiger charge is 2.49. The molecule has 6 nitrogen and oxygen atoms in total. The van der Waals surface area contributed by atoms with Crippen LogP contribution in [0.5, 0.6) is 0 Å². The molecule has 0 N–H and O–H groups in total. The first-order chi connectivity index (χ1) is 13.1. The number of amides is 3. The van der Waals surface area contributed by atoms with Crippen LogP contribution in [0.4, 0.5) is 4.79 Å². The number of hydrogen-bond acceptors (Lipinski definition) is 6. The molecule has 0 saturated heterocycles. The maximum atomic E-state index is 12.8. The van der Waals surface area contributed by atoms with Crippen LogP contribution in [0.3, 0.4) is 0 Å². The predicted octanol–water partition coefficient (Wildman–Crippen LogP) is 3.09. The smallest absolute Gasteiger partial charge is 0.255 e. The summed E-state index contributed by atoms with van der Waals surface area (Å²) in [6, 6.07) is 13.5. The Morgan fingerprint density at radius 2 is 1.93 bits per heavy atom. The van der Waals surface area contributed by atoms with Gasteiger partial charge in [0.2, 0.25) is 5.84 Å². The number of carbonyl (C=O) groups excluding carboxylic acids is 2. The van der Waals surface area contributed by atoms with Gasteiger partial charge in [0.05, 0.1) is 19.0 Å². The van der Waals surface area contributed by atoms with Crippen LogP contribution < -0.4 is 0 Å². The molecule has 4 rings (SSSR count). The van der Waals surface area contributed by atoms with Gasteiger partial charge in [0.25, 0.3) is 5.84 Å². The number of urea groups is 1. The number of thioether (sulfide) groups is 1. The number of rotatable bonds is 3. The molecule has 1 unspecified atom stereocenters. The van der Waals surface area contributed by atoms with Crippen molar-refractivity contribution < 1.29 is 14.2 Å². The van der Waals surface area contributed by atoms with Gasteiger partial charge in [-0.1, -0.05) is 41.4 Å². The van der Waals surface area contributed by atoms with Gasteiger partial charge in [-0.3, -0.25) is 4.79 Å². The summed E-state index contributed by atoms with van der Waals surface area (Å²) in [5.41, 5.74) is 1.15. The summed E-state index contributed by atoms with van der Waals surface area (Å²) >= 11 is 3.04. The van der Waals surface area contributed by atoms with Crippen molar-refractivity contribution >= 4 is 51.8 Å². The van der Waals surface area contributed by atoms with Gasteiger partial charge < -0.3 is 0 Å². The Balaban J connectivity index is 1.76. The lowest BCUT2D eigenvalue weighted by Gasteiger charge is -2.26. The monoisotopic (exact) mass is 397 g/mol. The van der Waals surface area contributed by atoms with E-state index in [1.54, 1.807) is 7.05 Å². The first kappa shape index (κ1) is 17.8. The van der Waals surface area contributed by atoms with Gasteiger partial charge in [0.15, 0.2) is 5.92 Å². The quantitative estimate of drug-likeness (QED) is 0.748. The van der Waals surface area contributed by atoms with E-state index in [-0.39, 0.29) is 11.9 Å². The first-order valence-electron chi connectivity index (χ1n) is 8.36. The van der Waals surface area contributed by atoms with E-state index >= 15 is 0 Å². The molecule has 8 heteroatoms. The zero-order valence-electron chi connectivity index (χ0n) is 14.8. The number of carbonyl (C=O) groups is 2. The van der Waals surface area contributed by atoms with Gasteiger partial charge in [-0.05, 0) is 17.0 Å². The minimum atomic E-state index is -0.643. The molecular formula is C19H17N4O2S2+. The molecule has 1 aromatic carbocycles. The molecule has 0 bridgehead atoms. The van der Waals surface area contributed by atoms with Crippen LogP contribution in [0.1, 0.15) is 10.4 Å². The average molecular weight is 398 g/mol. The van der Waals surface area contributed by atoms with Gasteiger partial charge in [0, 0.05) is 5.75 Å². The van der Waals surface area contributed by atoms with Crippen LogP contribution in [0.15, 0.2) is 57.8 Å². The molecule has 2 aromatic rings. The van der Waals surface area contributed by atoms with Gasteiger partial charge in [-0.15, -0.1) is 23.1 Å². The lowest BCUT2D eigenvalue weighted by atomic mass is 10.0. The third-order valence-electron chi connectivity index (χ3n) is 4.41. The lowest BCUT2D eigenvalue weighted by molar-refractivity contribution is -0.407. The van der Waals surface area contributed by atoms with Gasteiger partial charge >= 0.3 is 11.9 Å². The van der Waals surface area contributed by atoms with E-state index in [4.69, 9.17) is 4.99 Å². The van der Waals surface area contributed by atoms with Crippen molar-refractivity contribution in [3.05, 3.63) is 58.3 Å². The second-order valence-corrected chi connectivity index (χ2v) is 8.11. The number of hydrogen-bond donors (Lipinski definition) is 0. The van der Waals surface area contributed by atoms with Crippen LogP contribution in [0.25, 0.3) is 0 Å². The number of imide groups is 1. The summed E-state index contributed by atoms with van der Waals surface area (Å²) < 4.78 is 1.44. The molecule has 0 radical (unpaired) electrons. The van der Waals surface area contributed by atoms with Gasteiger partial charge in [-0.25, -0.2) is 9.79 Å². The van der Waals surface area contributed by atoms with Crippen molar-refractivity contribution in [2.24, 2.45) is 15.9 Å². The molecule has 1 aromatic heterocycles. The van der Waals surface area contributed by atoms with Crippen LogP contribution in [-0.2, 0) is 10.5 Å². The van der Waals surface area contributed by atoms with Gasteiger partial charge in [-0.2, -0.15) is 9.48 Å². The van der Waals surface area contributed by atoms with Crippen LogP contribution >= 0.6 is 23.1 Å². The molecule has 2 aliphatic rings. The van der Waals surface area contributed by atoms with Crippen molar-refractivity contribution in [1.82, 2.24) is 4.90 Å². The van der Waals surface area contributed by atoms with Crippen molar-refractivity contribution in [3.8, 4) is 0 Å². The molecule has 0 saturated carbocycles. The van der Waals surface area contributed by atoms with E-state index in [0.29, 0.717) is 22.5 Å². The SMILES string of the molecule is CN1C(=O)C2C(SCc3ccccc3)=NC(c3cccs3)=NC2=[N+](C)C1=O. The number of nitrogens with zero attached hydrogens (tertiary/aromatic N) is 4. The van der Waals surface area contributed by atoms with E-state index in [2.05, 4.69) is 4.99 Å². The Labute approximate surface area is 165 Å². The van der Waals surface area contributed by atoms with E-state index in [1.807, 2.05) is 47.8 Å². The van der Waals surface area contributed by atoms with Crippen molar-refractivity contribution in [2.45, 2.75) is 5.75 Å². The summed E-state index contributed by atoms with van der Waals surface area (Å²) in [6.45, 7) is 0. The second-order valence-electron chi connectivity index (χ2n) is 6.17. The molecule has 3 amide bonds. The molecule has 2 aliphatic heterocycles. The van der Waals surface area contributed by atoms with Crippen LogP contribution in [0, 0.1) is 5.92 Å². The maximum Gasteiger partial charge on any atom is 0.445 e. The number of aliphatic imine (C=N–C) groups is 2. The average Bonchev–Trinajstić information content (AvgIpc) is 3.24. The lowest BCUT2D eigenvalue weighted by Crippen LogP contribution is -2.54. The summed E-state index contributed by atoms with van der Waals surface area (Å²) in [5, 5.41) is 2.62. The zero-order valence-corrected chi connectivity index (χ0v) is 16.5. The predicted molar refractivity (Wildman–Crippen MR) is 109 cm³/mol. The summed E-state index contributed by atoms with van der Waals surface area (Å²) in [5.74, 6) is 0.743. The molecule has 0 aliphatic carbocycles. The second kappa shape index (κ2) is 7.21. The molecule has 27 heavy (non-hydrogen) atoms. The van der Waals surface area contributed by atoms with E-state index in [1.165, 1.54) is 34.7 Å². The number of thiophene rings is 1. The largest absolute Gasteiger partial charge is 0.445 e. The molecule has 1 atom stereocenters. The minimum Gasteiger partial charge on any atom is -0.255 e. The Bertz CT molecular complexity index is 994. The Kier molecular flexibility index (Phi) is 4.75. The van der Waals surface area contributed by atoms with Crippen molar-refractivity contribution in [1.29, 1.82) is 0 Å². The first-order valence-corrected chi connectivity index (χ1v) is 10.2. The number of benzene rings is 1. The van der Waals surface area contributed by atoms with Crippen LogP contribution in [-0.4, -0.2) is 52.2 Å². The third-order valence-corrected chi connectivity index (χ3v) is 6.37.